The summed E-state index contributed by atoms with van der Waals surface area (Å²) in [5.74, 6) is -0.314. The molecule has 7 heteroatoms. The van der Waals surface area contributed by atoms with Gasteiger partial charge in [-0.15, -0.1) is 12.4 Å². The molecule has 1 atom stereocenters. The molecule has 1 heterocycles. The molecule has 1 aromatic carbocycles. The largest absolute Gasteiger partial charge is 0.343 e. The van der Waals surface area contributed by atoms with Crippen LogP contribution < -0.4 is 11.1 Å². The molecular formula is C16H23BrClN3O2. The van der Waals surface area contributed by atoms with Crippen LogP contribution in [-0.2, 0) is 4.79 Å². The molecule has 2 amide bonds. The zero-order chi connectivity index (χ0) is 16.3. The standard InChI is InChI=1S/C16H22BrN3O2.ClH/c1-16(2)10-20(7-6-13(16)18)14(21)9-19-15(22)11-4-3-5-12(17)8-11;/h3-5,8,13H,6-7,9-10,18H2,1-2H3,(H,19,22);1H. The molecule has 1 fully saturated rings. The maximum Gasteiger partial charge on any atom is 0.251 e. The van der Waals surface area contributed by atoms with Crippen LogP contribution >= 0.6 is 28.3 Å². The van der Waals surface area contributed by atoms with Gasteiger partial charge in [0.15, 0.2) is 0 Å². The first-order chi connectivity index (χ1) is 10.3. The zero-order valence-electron chi connectivity index (χ0n) is 13.3. The SMILES string of the molecule is CC1(C)CN(C(=O)CNC(=O)c2cccc(Br)c2)CCC1N.Cl. The Labute approximate surface area is 151 Å². The first kappa shape index (κ1) is 19.9. The van der Waals surface area contributed by atoms with Crippen molar-refractivity contribution < 1.29 is 9.59 Å². The number of nitrogens with two attached hydrogens (primary N) is 1. The second-order valence-electron chi connectivity index (χ2n) is 6.39. The number of carbonyl (C=O) groups excluding carboxylic acids is 2. The average molecular weight is 405 g/mol. The molecule has 128 valence electrons. The summed E-state index contributed by atoms with van der Waals surface area (Å²) in [5, 5.41) is 2.68. The Hall–Kier alpha value is -1.11. The lowest BCUT2D eigenvalue weighted by Gasteiger charge is -2.42. The van der Waals surface area contributed by atoms with E-state index in [1.165, 1.54) is 0 Å². The number of hydrogen-bond donors (Lipinski definition) is 2. The number of likely N-dealkylation sites (tertiary alicyclic amines) is 1. The van der Waals surface area contributed by atoms with Crippen molar-refractivity contribution in [3.05, 3.63) is 34.3 Å². The molecule has 5 nitrogen and oxygen atoms in total. The minimum atomic E-state index is -0.248. The number of piperidine rings is 1. The Balaban J connectivity index is 0.00000264. The van der Waals surface area contributed by atoms with E-state index < -0.39 is 0 Å². The van der Waals surface area contributed by atoms with Crippen LogP contribution in [0.15, 0.2) is 28.7 Å². The number of benzene rings is 1. The Kier molecular flexibility index (Phi) is 7.04. The third-order valence-electron chi connectivity index (χ3n) is 4.15. The molecule has 1 saturated heterocycles. The van der Waals surface area contributed by atoms with E-state index in [-0.39, 0.29) is 42.2 Å². The smallest absolute Gasteiger partial charge is 0.251 e. The Morgan fingerprint density at radius 2 is 2.13 bits per heavy atom. The minimum absolute atomic E-state index is 0. The second-order valence-corrected chi connectivity index (χ2v) is 7.31. The highest BCUT2D eigenvalue weighted by Gasteiger charge is 2.35. The number of halogens is 2. The van der Waals surface area contributed by atoms with Gasteiger partial charge in [-0.25, -0.2) is 0 Å². The first-order valence-corrected chi connectivity index (χ1v) is 8.16. The van der Waals surface area contributed by atoms with E-state index >= 15 is 0 Å². The van der Waals surface area contributed by atoms with E-state index in [9.17, 15) is 9.59 Å². The fourth-order valence-corrected chi connectivity index (χ4v) is 2.99. The molecule has 0 aliphatic carbocycles. The van der Waals surface area contributed by atoms with Crippen LogP contribution in [0.4, 0.5) is 0 Å². The van der Waals surface area contributed by atoms with Gasteiger partial charge in [-0.2, -0.15) is 0 Å². The van der Waals surface area contributed by atoms with Crippen molar-refractivity contribution in [2.24, 2.45) is 11.1 Å². The molecule has 1 aliphatic rings. The summed E-state index contributed by atoms with van der Waals surface area (Å²) in [7, 11) is 0. The summed E-state index contributed by atoms with van der Waals surface area (Å²) in [6.45, 7) is 5.42. The van der Waals surface area contributed by atoms with Crippen molar-refractivity contribution in [1.82, 2.24) is 10.2 Å². The number of hydrogen-bond acceptors (Lipinski definition) is 3. The predicted octanol–water partition coefficient (Wildman–Crippen LogP) is 2.19. The molecular weight excluding hydrogens is 382 g/mol. The van der Waals surface area contributed by atoms with Crippen LogP contribution in [-0.4, -0.2) is 42.4 Å². The van der Waals surface area contributed by atoms with Crippen molar-refractivity contribution >= 4 is 40.2 Å². The molecule has 23 heavy (non-hydrogen) atoms. The topological polar surface area (TPSA) is 75.4 Å². The van der Waals surface area contributed by atoms with Crippen molar-refractivity contribution in [3.8, 4) is 0 Å². The van der Waals surface area contributed by atoms with E-state index in [2.05, 4.69) is 35.1 Å². The van der Waals surface area contributed by atoms with Gasteiger partial charge in [-0.3, -0.25) is 9.59 Å². The van der Waals surface area contributed by atoms with Gasteiger partial charge in [0, 0.05) is 29.2 Å². The molecule has 3 N–H and O–H groups in total. The normalized spacial score (nSPS) is 19.7. The summed E-state index contributed by atoms with van der Waals surface area (Å²) in [6.07, 6.45) is 0.790. The summed E-state index contributed by atoms with van der Waals surface area (Å²) in [5.41, 5.74) is 6.51. The summed E-state index contributed by atoms with van der Waals surface area (Å²) >= 11 is 3.32. The van der Waals surface area contributed by atoms with Crippen LogP contribution in [0, 0.1) is 5.41 Å². The Bertz CT molecular complexity index is 580. The van der Waals surface area contributed by atoms with Gasteiger partial charge in [-0.05, 0) is 30.0 Å². The van der Waals surface area contributed by atoms with Crippen molar-refractivity contribution in [2.45, 2.75) is 26.3 Å². The first-order valence-electron chi connectivity index (χ1n) is 7.37. The van der Waals surface area contributed by atoms with Gasteiger partial charge >= 0.3 is 0 Å². The maximum atomic E-state index is 12.3. The van der Waals surface area contributed by atoms with Crippen molar-refractivity contribution in [1.29, 1.82) is 0 Å². The van der Waals surface area contributed by atoms with Gasteiger partial charge in [0.25, 0.3) is 5.91 Å². The van der Waals surface area contributed by atoms with Gasteiger partial charge in [0.05, 0.1) is 6.54 Å². The van der Waals surface area contributed by atoms with E-state index in [1.54, 1.807) is 23.1 Å². The van der Waals surface area contributed by atoms with Gasteiger partial charge < -0.3 is 16.0 Å². The quantitative estimate of drug-likeness (QED) is 0.811. The second kappa shape index (κ2) is 8.13. The number of amides is 2. The lowest BCUT2D eigenvalue weighted by atomic mass is 9.79. The molecule has 0 aromatic heterocycles. The van der Waals surface area contributed by atoms with Crippen LogP contribution in [0.3, 0.4) is 0 Å². The minimum Gasteiger partial charge on any atom is -0.343 e. The molecule has 1 aromatic rings. The van der Waals surface area contributed by atoms with Crippen molar-refractivity contribution in [2.75, 3.05) is 19.6 Å². The van der Waals surface area contributed by atoms with Gasteiger partial charge in [-0.1, -0.05) is 35.8 Å². The zero-order valence-corrected chi connectivity index (χ0v) is 15.7. The predicted molar refractivity (Wildman–Crippen MR) is 96.7 cm³/mol. The monoisotopic (exact) mass is 403 g/mol. The summed E-state index contributed by atoms with van der Waals surface area (Å²) in [4.78, 5) is 26.1. The molecule has 0 spiro atoms. The van der Waals surface area contributed by atoms with Crippen LogP contribution in [0.25, 0.3) is 0 Å². The summed E-state index contributed by atoms with van der Waals surface area (Å²) in [6, 6.07) is 7.18. The lowest BCUT2D eigenvalue weighted by Crippen LogP contribution is -2.55. The fraction of sp³-hybridized carbons (Fsp3) is 0.500. The highest BCUT2D eigenvalue weighted by atomic mass is 79.9. The van der Waals surface area contributed by atoms with Gasteiger partial charge in [0.2, 0.25) is 5.91 Å². The average Bonchev–Trinajstić information content (AvgIpc) is 2.47. The highest BCUT2D eigenvalue weighted by molar-refractivity contribution is 9.10. The molecule has 1 aliphatic heterocycles. The lowest BCUT2D eigenvalue weighted by molar-refractivity contribution is -0.133. The Morgan fingerprint density at radius 1 is 1.43 bits per heavy atom. The number of rotatable bonds is 3. The Morgan fingerprint density at radius 3 is 2.74 bits per heavy atom. The highest BCUT2D eigenvalue weighted by Crippen LogP contribution is 2.27. The third-order valence-corrected chi connectivity index (χ3v) is 4.65. The number of nitrogens with one attached hydrogen (secondary N) is 1. The van der Waals surface area contributed by atoms with Gasteiger partial charge in [0.1, 0.15) is 0 Å². The molecule has 1 unspecified atom stereocenters. The number of carbonyl (C=O) groups is 2. The van der Waals surface area contributed by atoms with E-state index in [0.717, 1.165) is 10.9 Å². The van der Waals surface area contributed by atoms with Crippen LogP contribution in [0.1, 0.15) is 30.6 Å². The van der Waals surface area contributed by atoms with E-state index in [1.807, 2.05) is 6.07 Å². The summed E-state index contributed by atoms with van der Waals surface area (Å²) < 4.78 is 0.832. The van der Waals surface area contributed by atoms with E-state index in [0.29, 0.717) is 18.7 Å². The van der Waals surface area contributed by atoms with E-state index in [4.69, 9.17) is 5.73 Å². The molecule has 2 rings (SSSR count). The maximum absolute atomic E-state index is 12.3. The third kappa shape index (κ3) is 5.19. The van der Waals surface area contributed by atoms with Crippen LogP contribution in [0.5, 0.6) is 0 Å². The molecule has 0 radical (unpaired) electrons. The number of nitrogens with zero attached hydrogens (tertiary/aromatic N) is 1. The van der Waals surface area contributed by atoms with Crippen LogP contribution in [0.2, 0.25) is 0 Å². The molecule has 0 bridgehead atoms. The fourth-order valence-electron chi connectivity index (χ4n) is 2.59. The molecule has 0 saturated carbocycles. The van der Waals surface area contributed by atoms with Crippen molar-refractivity contribution in [3.63, 3.8) is 0 Å².